The topological polar surface area (TPSA) is 12.9 Å². The Kier molecular flexibility index (Phi) is 2.72. The maximum absolute atomic E-state index is 4.48. The lowest BCUT2D eigenvalue weighted by molar-refractivity contribution is 0.826. The monoisotopic (exact) mass is 199 g/mol. The van der Waals surface area contributed by atoms with Gasteiger partial charge in [0.25, 0.3) is 0 Å². The number of aromatic nitrogens is 1. The Labute approximate surface area is 91.2 Å². The van der Waals surface area contributed by atoms with Crippen LogP contribution in [0.15, 0.2) is 30.5 Å². The highest BCUT2D eigenvalue weighted by Crippen LogP contribution is 2.22. The van der Waals surface area contributed by atoms with E-state index in [1.54, 1.807) is 0 Å². The van der Waals surface area contributed by atoms with Crippen molar-refractivity contribution in [3.8, 4) is 0 Å². The zero-order chi connectivity index (χ0) is 10.8. The van der Waals surface area contributed by atoms with Gasteiger partial charge >= 0.3 is 0 Å². The van der Waals surface area contributed by atoms with Crippen molar-refractivity contribution in [1.29, 1.82) is 0 Å². The Bertz CT molecular complexity index is 472. The molecule has 0 spiro atoms. The molecule has 2 rings (SSSR count). The summed E-state index contributed by atoms with van der Waals surface area (Å²) in [6.07, 6.45) is 3.07. The predicted octanol–water partition coefficient (Wildman–Crippen LogP) is 3.92. The van der Waals surface area contributed by atoms with Crippen LogP contribution in [-0.4, -0.2) is 4.98 Å². The largest absolute Gasteiger partial charge is 0.260 e. The molecule has 0 unspecified atom stereocenters. The van der Waals surface area contributed by atoms with Crippen LogP contribution in [0.1, 0.15) is 37.9 Å². The van der Waals surface area contributed by atoms with E-state index >= 15 is 0 Å². The Balaban J connectivity index is 2.67. The van der Waals surface area contributed by atoms with E-state index in [1.165, 1.54) is 22.0 Å². The lowest BCUT2D eigenvalue weighted by Crippen LogP contribution is -1.93. The average molecular weight is 199 g/mol. The van der Waals surface area contributed by atoms with E-state index in [-0.39, 0.29) is 0 Å². The summed E-state index contributed by atoms with van der Waals surface area (Å²) in [6.45, 7) is 6.57. The fourth-order valence-corrected chi connectivity index (χ4v) is 1.87. The van der Waals surface area contributed by atoms with E-state index in [0.29, 0.717) is 5.92 Å². The molecular weight excluding hydrogens is 182 g/mol. The number of benzene rings is 1. The van der Waals surface area contributed by atoms with Gasteiger partial charge in [-0.15, -0.1) is 0 Å². The number of rotatable bonds is 2. The summed E-state index contributed by atoms with van der Waals surface area (Å²) in [5, 5.41) is 2.61. The molecule has 1 aromatic heterocycles. The van der Waals surface area contributed by atoms with Crippen LogP contribution in [0.4, 0.5) is 0 Å². The molecule has 1 heterocycles. The van der Waals surface area contributed by atoms with E-state index in [0.717, 1.165) is 6.42 Å². The first kappa shape index (κ1) is 10.2. The fourth-order valence-electron chi connectivity index (χ4n) is 1.87. The van der Waals surface area contributed by atoms with E-state index in [1.807, 2.05) is 6.20 Å². The summed E-state index contributed by atoms with van der Waals surface area (Å²) in [4.78, 5) is 4.48. The second-order valence-electron chi connectivity index (χ2n) is 4.26. The van der Waals surface area contributed by atoms with Crippen molar-refractivity contribution in [1.82, 2.24) is 4.98 Å². The normalized spacial score (nSPS) is 11.2. The van der Waals surface area contributed by atoms with Crippen LogP contribution in [0.25, 0.3) is 10.8 Å². The van der Waals surface area contributed by atoms with Crippen LogP contribution in [-0.2, 0) is 6.42 Å². The minimum atomic E-state index is 0.499. The molecule has 0 aliphatic carbocycles. The number of pyridine rings is 1. The lowest BCUT2D eigenvalue weighted by Gasteiger charge is -2.08. The standard InChI is InChI=1S/C14H17N/c1-4-11-6-5-7-12-9-15-14(10(2)3)8-13(11)12/h5-10H,4H2,1-3H3. The molecule has 15 heavy (non-hydrogen) atoms. The molecule has 78 valence electrons. The smallest absolute Gasteiger partial charge is 0.0435 e. The van der Waals surface area contributed by atoms with Gasteiger partial charge in [-0.3, -0.25) is 4.98 Å². The van der Waals surface area contributed by atoms with Crippen molar-refractivity contribution in [2.75, 3.05) is 0 Å². The van der Waals surface area contributed by atoms with Crippen molar-refractivity contribution < 1.29 is 0 Å². The third kappa shape index (κ3) is 1.87. The molecule has 0 amide bonds. The number of fused-ring (bicyclic) bond motifs is 1. The highest BCUT2D eigenvalue weighted by molar-refractivity contribution is 5.85. The quantitative estimate of drug-likeness (QED) is 0.714. The zero-order valence-corrected chi connectivity index (χ0v) is 9.62. The maximum Gasteiger partial charge on any atom is 0.0435 e. The Morgan fingerprint density at radius 1 is 1.27 bits per heavy atom. The predicted molar refractivity (Wildman–Crippen MR) is 65.2 cm³/mol. The molecule has 1 aromatic carbocycles. The molecule has 1 heteroatoms. The van der Waals surface area contributed by atoms with Crippen molar-refractivity contribution in [3.05, 3.63) is 41.7 Å². The highest BCUT2D eigenvalue weighted by atomic mass is 14.7. The van der Waals surface area contributed by atoms with Gasteiger partial charge in [-0.1, -0.05) is 39.0 Å². The van der Waals surface area contributed by atoms with Crippen LogP contribution in [0.2, 0.25) is 0 Å². The summed E-state index contributed by atoms with van der Waals surface area (Å²) in [7, 11) is 0. The number of aryl methyl sites for hydroxylation is 1. The molecule has 0 aliphatic heterocycles. The minimum absolute atomic E-state index is 0.499. The van der Waals surface area contributed by atoms with Gasteiger partial charge in [0, 0.05) is 17.3 Å². The molecule has 0 saturated heterocycles. The Morgan fingerprint density at radius 2 is 2.07 bits per heavy atom. The second-order valence-corrected chi connectivity index (χ2v) is 4.26. The highest BCUT2D eigenvalue weighted by Gasteiger charge is 2.04. The van der Waals surface area contributed by atoms with Gasteiger partial charge in [0.2, 0.25) is 0 Å². The number of hydrogen-bond acceptors (Lipinski definition) is 1. The van der Waals surface area contributed by atoms with Crippen molar-refractivity contribution in [3.63, 3.8) is 0 Å². The van der Waals surface area contributed by atoms with Gasteiger partial charge in [0.1, 0.15) is 0 Å². The van der Waals surface area contributed by atoms with Crippen LogP contribution < -0.4 is 0 Å². The summed E-state index contributed by atoms with van der Waals surface area (Å²) < 4.78 is 0. The molecule has 0 N–H and O–H groups in total. The first-order valence-corrected chi connectivity index (χ1v) is 5.60. The SMILES string of the molecule is CCc1cccc2cnc(C(C)C)cc12. The molecule has 0 fully saturated rings. The molecule has 0 saturated carbocycles. The van der Waals surface area contributed by atoms with Crippen LogP contribution >= 0.6 is 0 Å². The van der Waals surface area contributed by atoms with Gasteiger partial charge in [-0.25, -0.2) is 0 Å². The summed E-state index contributed by atoms with van der Waals surface area (Å²) in [5.41, 5.74) is 2.60. The molecular formula is C14H17N. The first-order valence-electron chi connectivity index (χ1n) is 5.60. The zero-order valence-electron chi connectivity index (χ0n) is 9.62. The third-order valence-electron chi connectivity index (χ3n) is 2.85. The van der Waals surface area contributed by atoms with Crippen LogP contribution in [0, 0.1) is 0 Å². The van der Waals surface area contributed by atoms with Crippen LogP contribution in [0.5, 0.6) is 0 Å². The van der Waals surface area contributed by atoms with Gasteiger partial charge in [-0.05, 0) is 29.4 Å². The van der Waals surface area contributed by atoms with Gasteiger partial charge < -0.3 is 0 Å². The first-order chi connectivity index (χ1) is 7.22. The molecule has 1 nitrogen and oxygen atoms in total. The number of hydrogen-bond donors (Lipinski definition) is 0. The molecule has 0 aliphatic rings. The van der Waals surface area contributed by atoms with Crippen molar-refractivity contribution in [2.24, 2.45) is 0 Å². The van der Waals surface area contributed by atoms with Crippen LogP contribution in [0.3, 0.4) is 0 Å². The minimum Gasteiger partial charge on any atom is -0.260 e. The van der Waals surface area contributed by atoms with Crippen molar-refractivity contribution >= 4 is 10.8 Å². The van der Waals surface area contributed by atoms with E-state index < -0.39 is 0 Å². The lowest BCUT2D eigenvalue weighted by atomic mass is 10.0. The molecule has 0 atom stereocenters. The summed E-state index contributed by atoms with van der Waals surface area (Å²) in [6, 6.07) is 8.68. The molecule has 2 aromatic rings. The third-order valence-corrected chi connectivity index (χ3v) is 2.85. The van der Waals surface area contributed by atoms with E-state index in [9.17, 15) is 0 Å². The van der Waals surface area contributed by atoms with Gasteiger partial charge in [-0.2, -0.15) is 0 Å². The summed E-state index contributed by atoms with van der Waals surface area (Å²) >= 11 is 0. The Morgan fingerprint density at radius 3 is 2.73 bits per heavy atom. The van der Waals surface area contributed by atoms with Gasteiger partial charge in [0.15, 0.2) is 0 Å². The van der Waals surface area contributed by atoms with Gasteiger partial charge in [0.05, 0.1) is 0 Å². The summed E-state index contributed by atoms with van der Waals surface area (Å²) in [5.74, 6) is 0.499. The second kappa shape index (κ2) is 4.01. The number of nitrogens with zero attached hydrogens (tertiary/aromatic N) is 1. The molecule has 0 bridgehead atoms. The average Bonchev–Trinajstić information content (AvgIpc) is 2.27. The Hall–Kier alpha value is -1.37. The molecule has 0 radical (unpaired) electrons. The van der Waals surface area contributed by atoms with E-state index in [2.05, 4.69) is 50.0 Å². The maximum atomic E-state index is 4.48. The fraction of sp³-hybridized carbons (Fsp3) is 0.357. The van der Waals surface area contributed by atoms with E-state index in [4.69, 9.17) is 0 Å². The van der Waals surface area contributed by atoms with Crippen molar-refractivity contribution in [2.45, 2.75) is 33.1 Å².